The minimum atomic E-state index is -3.48. The van der Waals surface area contributed by atoms with Crippen molar-refractivity contribution in [3.05, 3.63) is 22.7 Å². The van der Waals surface area contributed by atoms with Crippen LogP contribution in [0.25, 0.3) is 0 Å². The summed E-state index contributed by atoms with van der Waals surface area (Å²) in [6, 6.07) is 4.79. The molecule has 0 spiro atoms. The van der Waals surface area contributed by atoms with Crippen molar-refractivity contribution in [3.63, 3.8) is 0 Å². The molecular weight excluding hydrogens is 344 g/mol. The molecule has 0 aromatic heterocycles. The maximum absolute atomic E-state index is 12.6. The molecule has 0 saturated carbocycles. The Bertz CT molecular complexity index is 606. The first-order valence-corrected chi connectivity index (χ1v) is 8.59. The third kappa shape index (κ3) is 2.86. The maximum Gasteiger partial charge on any atom is 0.243 e. The number of benzene rings is 1. The van der Waals surface area contributed by atoms with Crippen LogP contribution in [0.5, 0.6) is 5.75 Å². The van der Waals surface area contributed by atoms with E-state index in [9.17, 15) is 8.42 Å². The van der Waals surface area contributed by atoms with E-state index in [0.717, 1.165) is 6.42 Å². The predicted molar refractivity (Wildman–Crippen MR) is 81.2 cm³/mol. The van der Waals surface area contributed by atoms with Crippen LogP contribution in [0, 0.1) is 5.41 Å². The second-order valence-corrected chi connectivity index (χ2v) is 8.19. The number of hydrogen-bond donors (Lipinski definition) is 1. The highest BCUT2D eigenvalue weighted by atomic mass is 79.9. The van der Waals surface area contributed by atoms with Crippen LogP contribution in [0.1, 0.15) is 13.3 Å². The lowest BCUT2D eigenvalue weighted by molar-refractivity contribution is 0.349. The van der Waals surface area contributed by atoms with Crippen LogP contribution >= 0.6 is 15.9 Å². The number of rotatable bonds is 4. The van der Waals surface area contributed by atoms with E-state index in [1.54, 1.807) is 25.3 Å². The van der Waals surface area contributed by atoms with Crippen LogP contribution in [0.3, 0.4) is 0 Å². The summed E-state index contributed by atoms with van der Waals surface area (Å²) in [7, 11) is -1.93. The molecule has 5 nitrogen and oxygen atoms in total. The number of halogens is 1. The standard InChI is InChI=1S/C13H19BrN2O3S/c1-13(8-15)5-6-16(9-13)20(17,18)10-3-4-12(19-2)11(14)7-10/h3-4,7H,5-6,8-9,15H2,1-2H3. The maximum atomic E-state index is 12.6. The van der Waals surface area contributed by atoms with Crippen molar-refractivity contribution in [2.24, 2.45) is 11.1 Å². The summed E-state index contributed by atoms with van der Waals surface area (Å²) in [6.45, 7) is 3.49. The minimum absolute atomic E-state index is 0.128. The van der Waals surface area contributed by atoms with Gasteiger partial charge in [0.1, 0.15) is 5.75 Å². The quantitative estimate of drug-likeness (QED) is 0.886. The Morgan fingerprint density at radius 3 is 2.70 bits per heavy atom. The number of methoxy groups -OCH3 is 1. The summed E-state index contributed by atoms with van der Waals surface area (Å²) in [4.78, 5) is 0.270. The Morgan fingerprint density at radius 2 is 2.20 bits per heavy atom. The van der Waals surface area contributed by atoms with Crippen LogP contribution in [-0.4, -0.2) is 39.5 Å². The van der Waals surface area contributed by atoms with Crippen LogP contribution in [0.2, 0.25) is 0 Å². The van der Waals surface area contributed by atoms with Crippen molar-refractivity contribution in [1.29, 1.82) is 0 Å². The first-order valence-electron chi connectivity index (χ1n) is 6.36. The fourth-order valence-corrected chi connectivity index (χ4v) is 4.62. The molecule has 7 heteroatoms. The van der Waals surface area contributed by atoms with Gasteiger partial charge in [-0.2, -0.15) is 4.31 Å². The summed E-state index contributed by atoms with van der Waals surface area (Å²) < 4.78 is 32.5. The van der Waals surface area contributed by atoms with Crippen LogP contribution in [0.4, 0.5) is 0 Å². The minimum Gasteiger partial charge on any atom is -0.496 e. The van der Waals surface area contributed by atoms with Gasteiger partial charge in [-0.1, -0.05) is 6.92 Å². The topological polar surface area (TPSA) is 72.6 Å². The largest absolute Gasteiger partial charge is 0.496 e. The van der Waals surface area contributed by atoms with Gasteiger partial charge < -0.3 is 10.5 Å². The molecule has 1 aromatic carbocycles. The highest BCUT2D eigenvalue weighted by Gasteiger charge is 2.39. The summed E-state index contributed by atoms with van der Waals surface area (Å²) >= 11 is 3.32. The van der Waals surface area contributed by atoms with Gasteiger partial charge in [0.05, 0.1) is 16.5 Å². The number of sulfonamides is 1. The molecule has 1 heterocycles. The summed E-state index contributed by atoms with van der Waals surface area (Å²) in [6.07, 6.45) is 0.792. The summed E-state index contributed by atoms with van der Waals surface area (Å²) in [5, 5.41) is 0. The third-order valence-electron chi connectivity index (χ3n) is 3.78. The lowest BCUT2D eigenvalue weighted by Gasteiger charge is -2.22. The van der Waals surface area contributed by atoms with Gasteiger partial charge in [0.25, 0.3) is 0 Å². The van der Waals surface area contributed by atoms with Crippen LogP contribution in [-0.2, 0) is 10.0 Å². The van der Waals surface area contributed by atoms with Gasteiger partial charge in [-0.25, -0.2) is 8.42 Å². The zero-order chi connectivity index (χ0) is 15.0. The van der Waals surface area contributed by atoms with Gasteiger partial charge in [0.2, 0.25) is 10.0 Å². The van der Waals surface area contributed by atoms with Gasteiger partial charge in [-0.15, -0.1) is 0 Å². The summed E-state index contributed by atoms with van der Waals surface area (Å²) in [5.41, 5.74) is 5.60. The SMILES string of the molecule is COc1ccc(S(=O)(=O)N2CCC(C)(CN)C2)cc1Br. The number of ether oxygens (including phenoxy) is 1. The van der Waals surface area contributed by atoms with E-state index in [2.05, 4.69) is 15.9 Å². The van der Waals surface area contributed by atoms with Crippen molar-refractivity contribution < 1.29 is 13.2 Å². The Morgan fingerprint density at radius 1 is 1.50 bits per heavy atom. The van der Waals surface area contributed by atoms with E-state index in [-0.39, 0.29) is 10.3 Å². The van der Waals surface area contributed by atoms with Crippen LogP contribution < -0.4 is 10.5 Å². The molecule has 1 unspecified atom stereocenters. The lowest BCUT2D eigenvalue weighted by Crippen LogP contribution is -2.34. The normalized spacial score (nSPS) is 24.0. The lowest BCUT2D eigenvalue weighted by atomic mass is 9.90. The Balaban J connectivity index is 2.30. The molecule has 0 radical (unpaired) electrons. The average Bonchev–Trinajstić information content (AvgIpc) is 2.83. The van der Waals surface area contributed by atoms with Crippen molar-refractivity contribution >= 4 is 26.0 Å². The fraction of sp³-hybridized carbons (Fsp3) is 0.538. The molecule has 1 saturated heterocycles. The monoisotopic (exact) mass is 362 g/mol. The van der Waals surface area contributed by atoms with Crippen molar-refractivity contribution in [1.82, 2.24) is 4.31 Å². The Kier molecular flexibility index (Phi) is 4.44. The number of nitrogens with two attached hydrogens (primary N) is 1. The second kappa shape index (κ2) is 5.63. The molecule has 0 bridgehead atoms. The van der Waals surface area contributed by atoms with E-state index in [1.165, 1.54) is 4.31 Å². The van der Waals surface area contributed by atoms with E-state index < -0.39 is 10.0 Å². The molecule has 2 N–H and O–H groups in total. The van der Waals surface area contributed by atoms with Crippen LogP contribution in [0.15, 0.2) is 27.6 Å². The number of hydrogen-bond acceptors (Lipinski definition) is 4. The van der Waals surface area contributed by atoms with Crippen molar-refractivity contribution in [2.75, 3.05) is 26.7 Å². The zero-order valence-electron chi connectivity index (χ0n) is 11.6. The third-order valence-corrected chi connectivity index (χ3v) is 6.24. The molecule has 2 rings (SSSR count). The van der Waals surface area contributed by atoms with Gasteiger partial charge >= 0.3 is 0 Å². The molecule has 0 amide bonds. The molecular formula is C13H19BrN2O3S. The Hall–Kier alpha value is -0.630. The molecule has 1 aliphatic heterocycles. The molecule has 112 valence electrons. The highest BCUT2D eigenvalue weighted by Crippen LogP contribution is 2.34. The molecule has 20 heavy (non-hydrogen) atoms. The highest BCUT2D eigenvalue weighted by molar-refractivity contribution is 9.10. The first-order chi connectivity index (χ1) is 9.32. The molecule has 1 aromatic rings. The Labute approximate surface area is 128 Å². The van der Waals surface area contributed by atoms with E-state index in [0.29, 0.717) is 29.9 Å². The van der Waals surface area contributed by atoms with Crippen molar-refractivity contribution in [3.8, 4) is 5.75 Å². The molecule has 1 atom stereocenters. The second-order valence-electron chi connectivity index (χ2n) is 5.40. The summed E-state index contributed by atoms with van der Waals surface area (Å²) in [5.74, 6) is 0.608. The van der Waals surface area contributed by atoms with Gasteiger partial charge in [0.15, 0.2) is 0 Å². The average molecular weight is 363 g/mol. The van der Waals surface area contributed by atoms with E-state index in [1.807, 2.05) is 6.92 Å². The molecule has 0 aliphatic carbocycles. The van der Waals surface area contributed by atoms with E-state index in [4.69, 9.17) is 10.5 Å². The molecule has 1 fully saturated rings. The smallest absolute Gasteiger partial charge is 0.243 e. The van der Waals surface area contributed by atoms with Gasteiger partial charge in [-0.05, 0) is 52.5 Å². The number of nitrogens with zero attached hydrogens (tertiary/aromatic N) is 1. The zero-order valence-corrected chi connectivity index (χ0v) is 14.0. The van der Waals surface area contributed by atoms with Crippen molar-refractivity contribution in [2.45, 2.75) is 18.2 Å². The van der Waals surface area contributed by atoms with Gasteiger partial charge in [-0.3, -0.25) is 0 Å². The fourth-order valence-electron chi connectivity index (χ4n) is 2.31. The predicted octanol–water partition coefficient (Wildman–Crippen LogP) is 1.82. The first kappa shape index (κ1) is 15.8. The molecule has 1 aliphatic rings. The van der Waals surface area contributed by atoms with E-state index >= 15 is 0 Å². The van der Waals surface area contributed by atoms with Gasteiger partial charge in [0, 0.05) is 13.1 Å².